The molecule has 1 N–H and O–H groups in total. The number of nitrogens with one attached hydrogen (secondary N) is 1. The minimum absolute atomic E-state index is 0.400. The molecule has 0 aliphatic rings. The molecule has 5 nitrogen and oxygen atoms in total. The molecule has 18 heavy (non-hydrogen) atoms. The van der Waals surface area contributed by atoms with Gasteiger partial charge in [0.15, 0.2) is 0 Å². The van der Waals surface area contributed by atoms with Crippen molar-refractivity contribution in [2.24, 2.45) is 0 Å². The number of hydrogen-bond donors (Lipinski definition) is 1. The van der Waals surface area contributed by atoms with E-state index in [0.717, 1.165) is 5.56 Å². The van der Waals surface area contributed by atoms with Gasteiger partial charge >= 0.3 is 0 Å². The van der Waals surface area contributed by atoms with Crippen LogP contribution in [0.1, 0.15) is 5.56 Å². The molecule has 5 heteroatoms. The Balaban J connectivity index is 2.11. The maximum atomic E-state index is 8.58. The van der Waals surface area contributed by atoms with E-state index in [4.69, 9.17) is 10.00 Å². The van der Waals surface area contributed by atoms with Gasteiger partial charge in [-0.15, -0.1) is 0 Å². The zero-order chi connectivity index (χ0) is 12.8. The van der Waals surface area contributed by atoms with Gasteiger partial charge in [-0.3, -0.25) is 0 Å². The van der Waals surface area contributed by atoms with Gasteiger partial charge in [0.25, 0.3) is 0 Å². The molecule has 0 atom stereocenters. The number of ether oxygens (including phenoxy) is 1. The smallest absolute Gasteiger partial charge is 0.225 e. The number of benzene rings is 1. The fourth-order valence-corrected chi connectivity index (χ4v) is 1.41. The highest BCUT2D eigenvalue weighted by molar-refractivity contribution is 5.33. The predicted octanol–water partition coefficient (Wildman–Crippen LogP) is 2.38. The molecule has 2 aromatic rings. The number of rotatable bonds is 4. The third-order valence-electron chi connectivity index (χ3n) is 2.28. The lowest BCUT2D eigenvalue weighted by Crippen LogP contribution is -1.97. The summed E-state index contributed by atoms with van der Waals surface area (Å²) in [4.78, 5) is 8.15. The second-order valence-electron chi connectivity index (χ2n) is 3.55. The first-order valence-electron chi connectivity index (χ1n) is 5.46. The molecular weight excluding hydrogens is 228 g/mol. The molecule has 90 valence electrons. The first-order valence-corrected chi connectivity index (χ1v) is 5.46. The summed E-state index contributed by atoms with van der Waals surface area (Å²) in [5, 5.41) is 11.4. The van der Waals surface area contributed by atoms with Crippen LogP contribution >= 0.6 is 0 Å². The van der Waals surface area contributed by atoms with Crippen molar-refractivity contribution >= 4 is 5.95 Å². The van der Waals surface area contributed by atoms with E-state index in [1.54, 1.807) is 19.3 Å². The maximum absolute atomic E-state index is 8.58. The molecule has 0 fully saturated rings. The van der Waals surface area contributed by atoms with Gasteiger partial charge in [0, 0.05) is 19.3 Å². The van der Waals surface area contributed by atoms with Gasteiger partial charge in [0.1, 0.15) is 5.75 Å². The summed E-state index contributed by atoms with van der Waals surface area (Å²) in [5.74, 6) is 1.66. The molecule has 0 radical (unpaired) electrons. The van der Waals surface area contributed by atoms with Crippen LogP contribution in [0.2, 0.25) is 0 Å². The van der Waals surface area contributed by atoms with E-state index in [0.29, 0.717) is 24.0 Å². The number of nitrogens with zero attached hydrogens (tertiary/aromatic N) is 3. The maximum Gasteiger partial charge on any atom is 0.225 e. The van der Waals surface area contributed by atoms with Gasteiger partial charge < -0.3 is 10.1 Å². The molecule has 1 heterocycles. The standard InChI is InChI=1S/C13H12N4O/c1-15-13-16-9-7-12(17-13)18-11-4-2-10(3-5-11)6-8-14/h2-5,7,9H,6H2,1H3,(H,15,16,17). The topological polar surface area (TPSA) is 70.8 Å². The molecule has 2 rings (SSSR count). The first-order chi connectivity index (χ1) is 8.81. The van der Waals surface area contributed by atoms with Gasteiger partial charge in [-0.05, 0) is 17.7 Å². The number of nitriles is 1. The van der Waals surface area contributed by atoms with Gasteiger partial charge in [-0.1, -0.05) is 12.1 Å². The molecule has 0 saturated carbocycles. The highest BCUT2D eigenvalue weighted by Crippen LogP contribution is 2.20. The SMILES string of the molecule is CNc1nccc(Oc2ccc(CC#N)cc2)n1. The summed E-state index contributed by atoms with van der Waals surface area (Å²) < 4.78 is 5.58. The molecule has 0 aliphatic heterocycles. The molecule has 0 aliphatic carbocycles. The third-order valence-corrected chi connectivity index (χ3v) is 2.28. The van der Waals surface area contributed by atoms with Crippen molar-refractivity contribution in [2.75, 3.05) is 12.4 Å². The van der Waals surface area contributed by atoms with E-state index < -0.39 is 0 Å². The monoisotopic (exact) mass is 240 g/mol. The summed E-state index contributed by atoms with van der Waals surface area (Å²) in [6.45, 7) is 0. The van der Waals surface area contributed by atoms with E-state index in [1.807, 2.05) is 24.3 Å². The lowest BCUT2D eigenvalue weighted by atomic mass is 10.2. The van der Waals surface area contributed by atoms with Crippen LogP contribution in [0.4, 0.5) is 5.95 Å². The van der Waals surface area contributed by atoms with Crippen LogP contribution in [0, 0.1) is 11.3 Å². The second-order valence-corrected chi connectivity index (χ2v) is 3.55. The summed E-state index contributed by atoms with van der Waals surface area (Å²) >= 11 is 0. The van der Waals surface area contributed by atoms with Crippen molar-refractivity contribution in [3.05, 3.63) is 42.1 Å². The number of aromatic nitrogens is 2. The third kappa shape index (κ3) is 2.95. The Morgan fingerprint density at radius 1 is 1.28 bits per heavy atom. The predicted molar refractivity (Wildman–Crippen MR) is 67.4 cm³/mol. The van der Waals surface area contributed by atoms with E-state index in [9.17, 15) is 0 Å². The van der Waals surface area contributed by atoms with Crippen LogP contribution in [0.25, 0.3) is 0 Å². The van der Waals surface area contributed by atoms with Crippen molar-refractivity contribution in [2.45, 2.75) is 6.42 Å². The van der Waals surface area contributed by atoms with Gasteiger partial charge in [-0.25, -0.2) is 4.98 Å². The van der Waals surface area contributed by atoms with Crippen molar-refractivity contribution < 1.29 is 4.74 Å². The van der Waals surface area contributed by atoms with E-state index in [1.165, 1.54) is 0 Å². The number of anilines is 1. The van der Waals surface area contributed by atoms with Crippen LogP contribution in [0.15, 0.2) is 36.5 Å². The average Bonchev–Trinajstić information content (AvgIpc) is 2.42. The van der Waals surface area contributed by atoms with Crippen molar-refractivity contribution in [3.63, 3.8) is 0 Å². The fraction of sp³-hybridized carbons (Fsp3) is 0.154. The molecule has 0 unspecified atom stereocenters. The van der Waals surface area contributed by atoms with Crippen molar-refractivity contribution in [3.8, 4) is 17.7 Å². The van der Waals surface area contributed by atoms with Crippen LogP contribution in [-0.4, -0.2) is 17.0 Å². The van der Waals surface area contributed by atoms with Gasteiger partial charge in [0.2, 0.25) is 11.8 Å². The first kappa shape index (κ1) is 11.9. The Bertz CT molecular complexity index is 560. The largest absolute Gasteiger partial charge is 0.439 e. The summed E-state index contributed by atoms with van der Waals surface area (Å²) in [6, 6.07) is 11.1. The lowest BCUT2D eigenvalue weighted by molar-refractivity contribution is 0.462. The summed E-state index contributed by atoms with van der Waals surface area (Å²) in [6.07, 6.45) is 2.02. The summed E-state index contributed by atoms with van der Waals surface area (Å²) in [5.41, 5.74) is 0.962. The molecule has 0 bridgehead atoms. The Morgan fingerprint density at radius 3 is 2.72 bits per heavy atom. The van der Waals surface area contributed by atoms with Crippen molar-refractivity contribution in [1.82, 2.24) is 9.97 Å². The molecular formula is C13H12N4O. The van der Waals surface area contributed by atoms with Crippen LogP contribution < -0.4 is 10.1 Å². The molecule has 0 amide bonds. The van der Waals surface area contributed by atoms with Crippen LogP contribution in [-0.2, 0) is 6.42 Å². The quantitative estimate of drug-likeness (QED) is 0.888. The normalized spacial score (nSPS) is 9.56. The van der Waals surface area contributed by atoms with E-state index >= 15 is 0 Å². The minimum Gasteiger partial charge on any atom is -0.439 e. The zero-order valence-corrected chi connectivity index (χ0v) is 9.92. The molecule has 0 spiro atoms. The number of hydrogen-bond acceptors (Lipinski definition) is 5. The van der Waals surface area contributed by atoms with Gasteiger partial charge in [-0.2, -0.15) is 10.2 Å². The Morgan fingerprint density at radius 2 is 2.06 bits per heavy atom. The van der Waals surface area contributed by atoms with E-state index in [2.05, 4.69) is 21.4 Å². The molecule has 1 aromatic carbocycles. The van der Waals surface area contributed by atoms with E-state index in [-0.39, 0.29) is 0 Å². The summed E-state index contributed by atoms with van der Waals surface area (Å²) in [7, 11) is 1.75. The lowest BCUT2D eigenvalue weighted by Gasteiger charge is -2.06. The van der Waals surface area contributed by atoms with Crippen LogP contribution in [0.3, 0.4) is 0 Å². The Kier molecular flexibility index (Phi) is 3.72. The Labute approximate surface area is 105 Å². The average molecular weight is 240 g/mol. The second kappa shape index (κ2) is 5.64. The van der Waals surface area contributed by atoms with Crippen LogP contribution in [0.5, 0.6) is 11.6 Å². The highest BCUT2D eigenvalue weighted by atomic mass is 16.5. The highest BCUT2D eigenvalue weighted by Gasteiger charge is 2.00. The Hall–Kier alpha value is -2.61. The molecule has 0 saturated heterocycles. The zero-order valence-electron chi connectivity index (χ0n) is 9.92. The molecule has 1 aromatic heterocycles. The van der Waals surface area contributed by atoms with Gasteiger partial charge in [0.05, 0.1) is 12.5 Å². The fourth-order valence-electron chi connectivity index (χ4n) is 1.41. The van der Waals surface area contributed by atoms with Crippen molar-refractivity contribution in [1.29, 1.82) is 5.26 Å². The minimum atomic E-state index is 0.400.